The average molecular weight is 469 g/mol. The van der Waals surface area contributed by atoms with Gasteiger partial charge in [0.1, 0.15) is 23.3 Å². The number of aromatic hydroxyl groups is 1. The number of hydrogen-bond acceptors (Lipinski definition) is 4. The van der Waals surface area contributed by atoms with E-state index in [1.165, 1.54) is 7.11 Å². The Bertz CT molecular complexity index is 879. The highest BCUT2D eigenvalue weighted by Gasteiger charge is 2.42. The molecule has 1 atom stereocenters. The van der Waals surface area contributed by atoms with Crippen LogP contribution in [0.3, 0.4) is 0 Å². The van der Waals surface area contributed by atoms with Crippen LogP contribution in [0.15, 0.2) is 18.2 Å². The zero-order valence-corrected chi connectivity index (χ0v) is 17.8. The molecule has 1 N–H and O–H groups in total. The van der Waals surface area contributed by atoms with E-state index in [1.807, 2.05) is 12.1 Å². The van der Waals surface area contributed by atoms with Crippen LogP contribution in [0.4, 0.5) is 0 Å². The summed E-state index contributed by atoms with van der Waals surface area (Å²) in [7, 11) is 7.51. The van der Waals surface area contributed by atoms with Crippen LogP contribution in [0, 0.1) is 0 Å². The van der Waals surface area contributed by atoms with Gasteiger partial charge in [0.15, 0.2) is 0 Å². The molecule has 0 amide bonds. The Balaban J connectivity index is 0.00000196. The second kappa shape index (κ2) is 6.49. The van der Waals surface area contributed by atoms with E-state index in [-0.39, 0.29) is 41.5 Å². The van der Waals surface area contributed by atoms with Crippen molar-refractivity contribution in [2.24, 2.45) is 0 Å². The lowest BCUT2D eigenvalue weighted by Gasteiger charge is -2.47. The van der Waals surface area contributed by atoms with Gasteiger partial charge in [0.2, 0.25) is 0 Å². The molecule has 2 aromatic carbocycles. The lowest BCUT2D eigenvalue weighted by molar-refractivity contribution is -0.923. The number of rotatable bonds is 2. The molecule has 0 bridgehead atoms. The number of methoxy groups -OCH3 is 2. The van der Waals surface area contributed by atoms with Gasteiger partial charge >= 0.3 is 0 Å². The molecule has 2 aliphatic rings. The first kappa shape index (κ1) is 19.1. The number of quaternary nitrogens is 1. The van der Waals surface area contributed by atoms with Gasteiger partial charge in [-0.05, 0) is 28.8 Å². The fourth-order valence-corrected chi connectivity index (χ4v) is 4.39. The Labute approximate surface area is 170 Å². The predicted molar refractivity (Wildman–Crippen MR) is 109 cm³/mol. The molecule has 0 spiro atoms. The topological polar surface area (TPSA) is 61.8 Å². The zero-order chi connectivity index (χ0) is 17.9. The molecule has 0 saturated carbocycles. The first-order valence-electron chi connectivity index (χ1n) is 8.51. The Hall–Kier alpha value is -1.67. The number of likely N-dealkylation sites (N-methyl/N-ethyl adjacent to an activating group) is 1. The molecule has 0 fully saturated rings. The summed E-state index contributed by atoms with van der Waals surface area (Å²) in [5.41, 5.74) is 4.44. The van der Waals surface area contributed by atoms with Crippen molar-refractivity contribution in [1.29, 1.82) is 0 Å². The third-order valence-electron chi connectivity index (χ3n) is 5.80. The lowest BCUT2D eigenvalue weighted by atomic mass is 9.75. The number of phenolic OH excluding ortho intramolecular Hbond substituents is 1. The maximum absolute atomic E-state index is 13.1. The van der Waals surface area contributed by atoms with Gasteiger partial charge in [-0.1, -0.05) is 5.75 Å². The monoisotopic (exact) mass is 469 g/mol. The van der Waals surface area contributed by atoms with Crippen molar-refractivity contribution < 1.29 is 24.2 Å². The number of benzene rings is 2. The van der Waals surface area contributed by atoms with E-state index in [9.17, 15) is 10.2 Å². The molecule has 6 heteroatoms. The Morgan fingerprint density at radius 1 is 1.08 bits per heavy atom. The van der Waals surface area contributed by atoms with Crippen LogP contribution in [-0.2, 0) is 12.8 Å². The van der Waals surface area contributed by atoms with Crippen molar-refractivity contribution in [3.63, 3.8) is 0 Å². The molecule has 0 saturated heterocycles. The van der Waals surface area contributed by atoms with Crippen LogP contribution in [0.5, 0.6) is 23.0 Å². The number of fused-ring (bicyclic) bond motifs is 2. The standard InChI is InChI=1S/C20H23NO4.HI/c1-21(2)6-5-11-9-16(25-4)20(23)19-17(11)14(21)8-12-7-13(24-3)10-15(22)18(12)19;/h7,9-10,14H,5-6,8H2,1-4H3,(H-,22,23);1H. The van der Waals surface area contributed by atoms with Crippen LogP contribution in [0.1, 0.15) is 22.7 Å². The van der Waals surface area contributed by atoms with Gasteiger partial charge in [-0.15, -0.1) is 24.0 Å². The van der Waals surface area contributed by atoms with Crippen molar-refractivity contribution in [3.05, 3.63) is 34.9 Å². The second-order valence-electron chi connectivity index (χ2n) is 7.51. The van der Waals surface area contributed by atoms with Crippen molar-refractivity contribution >= 4 is 24.0 Å². The first-order chi connectivity index (χ1) is 11.9. The highest BCUT2D eigenvalue weighted by Crippen LogP contribution is 2.55. The minimum absolute atomic E-state index is 0. The van der Waals surface area contributed by atoms with Gasteiger partial charge in [-0.3, -0.25) is 0 Å². The lowest BCUT2D eigenvalue weighted by Crippen LogP contribution is -2.49. The fourth-order valence-electron chi connectivity index (χ4n) is 4.39. The molecule has 1 unspecified atom stereocenters. The molecule has 1 aliphatic carbocycles. The highest BCUT2D eigenvalue weighted by molar-refractivity contribution is 14.0. The highest BCUT2D eigenvalue weighted by atomic mass is 127. The Morgan fingerprint density at radius 3 is 2.46 bits per heavy atom. The fraction of sp³-hybridized carbons (Fsp3) is 0.400. The number of phenols is 1. The molecule has 0 aromatic heterocycles. The minimum Gasteiger partial charge on any atom is -0.870 e. The predicted octanol–water partition coefficient (Wildman–Crippen LogP) is 3.00. The van der Waals surface area contributed by atoms with Gasteiger partial charge in [-0.2, -0.15) is 0 Å². The van der Waals surface area contributed by atoms with E-state index in [0.717, 1.165) is 40.6 Å². The van der Waals surface area contributed by atoms with Crippen molar-refractivity contribution in [3.8, 4) is 34.1 Å². The van der Waals surface area contributed by atoms with E-state index in [4.69, 9.17) is 9.47 Å². The Kier molecular flexibility index (Phi) is 4.77. The van der Waals surface area contributed by atoms with Gasteiger partial charge in [0.25, 0.3) is 0 Å². The van der Waals surface area contributed by atoms with Crippen LogP contribution >= 0.6 is 24.0 Å². The molecule has 140 valence electrons. The van der Waals surface area contributed by atoms with Gasteiger partial charge in [-0.25, -0.2) is 0 Å². The third kappa shape index (κ3) is 2.62. The van der Waals surface area contributed by atoms with E-state index in [0.29, 0.717) is 22.6 Å². The molecule has 2 aromatic rings. The van der Waals surface area contributed by atoms with E-state index in [2.05, 4.69) is 14.1 Å². The summed E-state index contributed by atoms with van der Waals surface area (Å²) < 4.78 is 11.5. The van der Waals surface area contributed by atoms with E-state index >= 15 is 0 Å². The van der Waals surface area contributed by atoms with Crippen LogP contribution in [0.25, 0.3) is 11.1 Å². The number of halogens is 1. The quantitative estimate of drug-likeness (QED) is 0.543. The normalized spacial score (nSPS) is 19.0. The summed E-state index contributed by atoms with van der Waals surface area (Å²) in [5.74, 6) is 0.907. The largest absolute Gasteiger partial charge is 0.870 e. The molecule has 1 aliphatic heterocycles. The van der Waals surface area contributed by atoms with Gasteiger partial charge in [0, 0.05) is 30.0 Å². The molecule has 0 radical (unpaired) electrons. The number of hydrogen-bond donors (Lipinski definition) is 1. The summed E-state index contributed by atoms with van der Waals surface area (Å²) in [6.07, 6.45) is 1.67. The SMILES string of the molecule is COc1cc(O)c2c(c1)CC1c3c(cc(OC)c([O-])c3-2)CC[N+]1(C)C.I. The molecule has 26 heavy (non-hydrogen) atoms. The van der Waals surface area contributed by atoms with Crippen molar-refractivity contribution in [2.45, 2.75) is 18.9 Å². The third-order valence-corrected chi connectivity index (χ3v) is 5.80. The Morgan fingerprint density at radius 2 is 1.81 bits per heavy atom. The summed E-state index contributed by atoms with van der Waals surface area (Å²) in [5, 5.41) is 23.7. The molecular weight excluding hydrogens is 445 g/mol. The van der Waals surface area contributed by atoms with Crippen LogP contribution < -0.4 is 14.6 Å². The van der Waals surface area contributed by atoms with Crippen molar-refractivity contribution in [2.75, 3.05) is 34.9 Å². The van der Waals surface area contributed by atoms with Crippen LogP contribution in [0.2, 0.25) is 0 Å². The summed E-state index contributed by atoms with van der Waals surface area (Å²) in [6, 6.07) is 5.59. The number of ether oxygens (including phenoxy) is 2. The average Bonchev–Trinajstić information content (AvgIpc) is 2.59. The summed E-state index contributed by atoms with van der Waals surface area (Å²) in [4.78, 5) is 0. The number of nitrogens with zero attached hydrogens (tertiary/aromatic N) is 1. The van der Waals surface area contributed by atoms with Gasteiger partial charge < -0.3 is 24.2 Å². The summed E-state index contributed by atoms with van der Waals surface area (Å²) in [6.45, 7) is 1.00. The smallest absolute Gasteiger partial charge is 0.127 e. The van der Waals surface area contributed by atoms with Gasteiger partial charge in [0.05, 0.1) is 34.9 Å². The second-order valence-corrected chi connectivity index (χ2v) is 7.51. The zero-order valence-electron chi connectivity index (χ0n) is 15.5. The van der Waals surface area contributed by atoms with E-state index in [1.54, 1.807) is 13.2 Å². The maximum atomic E-state index is 13.1. The molecule has 5 nitrogen and oxygen atoms in total. The van der Waals surface area contributed by atoms with Crippen LogP contribution in [-0.4, -0.2) is 44.4 Å². The summed E-state index contributed by atoms with van der Waals surface area (Å²) >= 11 is 0. The maximum Gasteiger partial charge on any atom is 0.127 e. The minimum atomic E-state index is -0.144. The van der Waals surface area contributed by atoms with Crippen molar-refractivity contribution in [1.82, 2.24) is 0 Å². The van der Waals surface area contributed by atoms with E-state index < -0.39 is 0 Å². The molecule has 1 heterocycles. The molecular formula is C20H24INO4. The first-order valence-corrected chi connectivity index (χ1v) is 8.51. The molecule has 4 rings (SSSR count).